The topological polar surface area (TPSA) is 0 Å². The summed E-state index contributed by atoms with van der Waals surface area (Å²) < 4.78 is 2.33. The zero-order valence-electron chi connectivity index (χ0n) is 11.6. The fourth-order valence-corrected chi connectivity index (χ4v) is 14.1. The summed E-state index contributed by atoms with van der Waals surface area (Å²) >= 11 is -0.770. The number of rotatable bonds is 1. The van der Waals surface area contributed by atoms with Crippen molar-refractivity contribution in [3.05, 3.63) is 0 Å². The molecule has 0 aliphatic heterocycles. The molecular weight excluding hydrogens is 243 g/mol. The van der Waals surface area contributed by atoms with E-state index in [2.05, 4.69) is 41.5 Å². The summed E-state index contributed by atoms with van der Waals surface area (Å²) in [4.78, 5) is 0. The van der Waals surface area contributed by atoms with E-state index >= 15 is 0 Å². The van der Waals surface area contributed by atoms with Gasteiger partial charge in [0.05, 0.1) is 0 Å². The van der Waals surface area contributed by atoms with Crippen LogP contribution in [0.1, 0.15) is 73.6 Å². The van der Waals surface area contributed by atoms with Gasteiger partial charge in [-0.05, 0) is 0 Å². The molecule has 90 valence electrons. The van der Waals surface area contributed by atoms with Crippen LogP contribution in [0.4, 0.5) is 0 Å². The quantitative estimate of drug-likeness (QED) is 0.559. The van der Waals surface area contributed by atoms with Crippen LogP contribution in [0.15, 0.2) is 0 Å². The molecule has 0 heterocycles. The maximum atomic E-state index is 2.49. The van der Waals surface area contributed by atoms with Crippen LogP contribution in [0.2, 0.25) is 13.1 Å². The van der Waals surface area contributed by atoms with E-state index in [1.807, 2.05) is 0 Å². The molecule has 0 amide bonds. The first-order chi connectivity index (χ1) is 6.73. The van der Waals surface area contributed by atoms with Crippen molar-refractivity contribution in [2.45, 2.75) is 86.8 Å². The van der Waals surface area contributed by atoms with Gasteiger partial charge >= 0.3 is 101 Å². The molecule has 1 heteroatoms. The van der Waals surface area contributed by atoms with E-state index < -0.39 is 14.7 Å². The van der Waals surface area contributed by atoms with E-state index in [1.165, 1.54) is 32.1 Å². The van der Waals surface area contributed by atoms with Crippen molar-refractivity contribution in [1.29, 1.82) is 0 Å². The van der Waals surface area contributed by atoms with E-state index in [9.17, 15) is 0 Å². The van der Waals surface area contributed by atoms with E-state index in [0.717, 1.165) is 4.71 Å². The second kappa shape index (κ2) is 4.82. The van der Waals surface area contributed by atoms with Gasteiger partial charge in [-0.1, -0.05) is 0 Å². The molecule has 0 spiro atoms. The van der Waals surface area contributed by atoms with Crippen LogP contribution >= 0.6 is 0 Å². The average molecular weight is 272 g/mol. The first-order valence-electron chi connectivity index (χ1n) is 6.52. The van der Waals surface area contributed by atoms with Crippen LogP contribution in [0, 0.1) is 0 Å². The minimum atomic E-state index is -0.770. The summed E-state index contributed by atoms with van der Waals surface area (Å²) in [6.45, 7) is 15.0. The summed E-state index contributed by atoms with van der Waals surface area (Å²) in [5, 5.41) is 0. The average Bonchev–Trinajstić information content (AvgIpc) is 2.00. The Morgan fingerprint density at radius 2 is 1.13 bits per heavy atom. The van der Waals surface area contributed by atoms with E-state index in [4.69, 9.17) is 0 Å². The van der Waals surface area contributed by atoms with E-state index in [-0.39, 0.29) is 0 Å². The van der Waals surface area contributed by atoms with Gasteiger partial charge in [-0.3, -0.25) is 0 Å². The first-order valence-corrected chi connectivity index (χ1v) is 9.48. The fraction of sp³-hybridized carbons (Fsp3) is 1.00. The van der Waals surface area contributed by atoms with Crippen LogP contribution in [-0.2, 0) is 0 Å². The second-order valence-corrected chi connectivity index (χ2v) is 15.7. The Kier molecular flexibility index (Phi) is 4.38. The summed E-state index contributed by atoms with van der Waals surface area (Å²) in [7, 11) is 0. The van der Waals surface area contributed by atoms with Gasteiger partial charge in [0.2, 0.25) is 0 Å². The van der Waals surface area contributed by atoms with Crippen molar-refractivity contribution in [3.8, 4) is 0 Å². The van der Waals surface area contributed by atoms with Gasteiger partial charge in [0.15, 0.2) is 0 Å². The number of hydrogen-bond acceptors (Lipinski definition) is 0. The predicted octanol–water partition coefficient (Wildman–Crippen LogP) is 5.42. The molecule has 1 aliphatic carbocycles. The SMILES string of the molecule is CC(C)(C)[As](C1CCCCC1)C(C)(C)C. The normalized spacial score (nSPS) is 21.0. The molecule has 0 aromatic rings. The summed E-state index contributed by atoms with van der Waals surface area (Å²) in [6.07, 6.45) is 7.57. The Hall–Kier alpha value is 0.558. The third kappa shape index (κ3) is 3.81. The Morgan fingerprint density at radius 3 is 1.47 bits per heavy atom. The Morgan fingerprint density at radius 1 is 0.733 bits per heavy atom. The van der Waals surface area contributed by atoms with Gasteiger partial charge in [-0.2, -0.15) is 0 Å². The first kappa shape index (κ1) is 13.6. The van der Waals surface area contributed by atoms with Crippen molar-refractivity contribution in [1.82, 2.24) is 0 Å². The van der Waals surface area contributed by atoms with E-state index in [1.54, 1.807) is 0 Å². The van der Waals surface area contributed by atoms with Gasteiger partial charge in [-0.15, -0.1) is 0 Å². The van der Waals surface area contributed by atoms with Crippen LogP contribution < -0.4 is 0 Å². The minimum absolute atomic E-state index is 0.604. The predicted molar refractivity (Wildman–Crippen MR) is 72.0 cm³/mol. The summed E-state index contributed by atoms with van der Waals surface area (Å²) in [6, 6.07) is 0. The standard InChI is InChI=1S/C14H29As/c1-13(2,3)15(14(4,5)6)12-10-8-7-9-11-12/h12H,7-11H2,1-6H3. The molecule has 0 radical (unpaired) electrons. The second-order valence-electron chi connectivity index (χ2n) is 7.00. The molecule has 0 nitrogen and oxygen atoms in total. The third-order valence-electron chi connectivity index (χ3n) is 3.39. The van der Waals surface area contributed by atoms with Crippen LogP contribution in [0.5, 0.6) is 0 Å². The molecule has 1 saturated carbocycles. The molecule has 1 aliphatic rings. The van der Waals surface area contributed by atoms with Gasteiger partial charge < -0.3 is 0 Å². The Bertz CT molecular complexity index is 174. The molecule has 0 bridgehead atoms. The molecule has 15 heavy (non-hydrogen) atoms. The van der Waals surface area contributed by atoms with Crippen LogP contribution in [0.25, 0.3) is 0 Å². The van der Waals surface area contributed by atoms with Crippen molar-refractivity contribution in [3.63, 3.8) is 0 Å². The van der Waals surface area contributed by atoms with Gasteiger partial charge in [-0.25, -0.2) is 0 Å². The number of hydrogen-bond donors (Lipinski definition) is 0. The van der Waals surface area contributed by atoms with Crippen LogP contribution in [-0.4, -0.2) is 14.7 Å². The van der Waals surface area contributed by atoms with Crippen molar-refractivity contribution < 1.29 is 0 Å². The molecule has 0 unspecified atom stereocenters. The molecular formula is C14H29As. The van der Waals surface area contributed by atoms with Crippen LogP contribution in [0.3, 0.4) is 0 Å². The zero-order valence-corrected chi connectivity index (χ0v) is 13.4. The molecule has 1 rings (SSSR count). The van der Waals surface area contributed by atoms with Gasteiger partial charge in [0, 0.05) is 0 Å². The molecule has 1 fully saturated rings. The zero-order chi connectivity index (χ0) is 11.7. The molecule has 0 aromatic heterocycles. The van der Waals surface area contributed by atoms with Gasteiger partial charge in [0.1, 0.15) is 0 Å². The summed E-state index contributed by atoms with van der Waals surface area (Å²) in [5.41, 5.74) is 0. The molecule has 0 aromatic carbocycles. The Labute approximate surface area is 101 Å². The van der Waals surface area contributed by atoms with Gasteiger partial charge in [0.25, 0.3) is 0 Å². The third-order valence-corrected chi connectivity index (χ3v) is 12.1. The fourth-order valence-electron chi connectivity index (χ4n) is 3.44. The molecule has 0 saturated heterocycles. The molecule has 0 atom stereocenters. The monoisotopic (exact) mass is 272 g/mol. The van der Waals surface area contributed by atoms with E-state index in [0.29, 0.717) is 8.41 Å². The van der Waals surface area contributed by atoms with Crippen molar-refractivity contribution in [2.75, 3.05) is 0 Å². The summed E-state index contributed by atoms with van der Waals surface area (Å²) in [5.74, 6) is 0. The maximum absolute atomic E-state index is 2.49. The molecule has 0 N–H and O–H groups in total. The Balaban J connectivity index is 2.80. The van der Waals surface area contributed by atoms with Crippen molar-refractivity contribution >= 4 is 14.7 Å². The van der Waals surface area contributed by atoms with Crippen molar-refractivity contribution in [2.24, 2.45) is 0 Å².